The van der Waals surface area contributed by atoms with E-state index < -0.39 is 41.6 Å². The molecule has 44 heavy (non-hydrogen) atoms. The fourth-order valence-corrected chi connectivity index (χ4v) is 5.11. The lowest BCUT2D eigenvalue weighted by Crippen LogP contribution is -2.51. The predicted molar refractivity (Wildman–Crippen MR) is 160 cm³/mol. The number of ketones is 1. The number of anilines is 1. The number of hydrogen-bond acceptors (Lipinski definition) is 9. The highest BCUT2D eigenvalue weighted by Crippen LogP contribution is 2.29. The summed E-state index contributed by atoms with van der Waals surface area (Å²) < 4.78 is 39.2. The van der Waals surface area contributed by atoms with Gasteiger partial charge < -0.3 is 27.8 Å². The van der Waals surface area contributed by atoms with E-state index >= 15 is 0 Å². The number of pyridine rings is 1. The number of carbonyl (C=O) groups excluding carboxylic acids is 3. The Balaban J connectivity index is 1.48. The second-order valence-corrected chi connectivity index (χ2v) is 11.0. The highest BCUT2D eigenvalue weighted by atomic mass is 19.4. The lowest BCUT2D eigenvalue weighted by Gasteiger charge is -2.23. The zero-order chi connectivity index (χ0) is 31.9. The Morgan fingerprint density at radius 2 is 1.59 bits per heavy atom. The number of rotatable bonds is 11. The third-order valence-electron chi connectivity index (χ3n) is 7.62. The van der Waals surface area contributed by atoms with Crippen LogP contribution in [0.25, 0.3) is 10.9 Å². The standard InChI is InChI=1S/C30H37F3N8O3/c31-30(32,33)20-7-5-17(6-8-20)9-26(29(44)38-23-10-18-3-1-2-4-25(18)37-16-23)39-28(43)24(36)13-27(42)19-11-21(14-34)40-41-22(12-19)15-35/h1-8,10,16,19,21-22,24,26,40-41H,9,11-15,34-36H2,(H,38,44)(H,39,43). The highest BCUT2D eigenvalue weighted by molar-refractivity contribution is 5.99. The molecule has 2 aromatic carbocycles. The summed E-state index contributed by atoms with van der Waals surface area (Å²) in [6.07, 6.45) is -2.61. The van der Waals surface area contributed by atoms with Gasteiger partial charge in [-0.2, -0.15) is 13.2 Å². The SMILES string of the molecule is NCC1CC(C(=O)CC(N)C(=O)NC(Cc2ccc(C(F)(F)F)cc2)C(=O)Nc2cnc3ccccc3c2)CC(CN)NN1. The number of fused-ring (bicyclic) bond motifs is 1. The molecule has 0 aliphatic carbocycles. The predicted octanol–water partition coefficient (Wildman–Crippen LogP) is 1.36. The van der Waals surface area contributed by atoms with Gasteiger partial charge in [0.2, 0.25) is 11.8 Å². The number of benzene rings is 2. The number of nitrogens with one attached hydrogen (secondary N) is 4. The van der Waals surface area contributed by atoms with Gasteiger partial charge in [-0.25, -0.2) is 0 Å². The monoisotopic (exact) mass is 614 g/mol. The zero-order valence-electron chi connectivity index (χ0n) is 23.9. The number of halogens is 3. The van der Waals surface area contributed by atoms with Gasteiger partial charge >= 0.3 is 6.18 Å². The van der Waals surface area contributed by atoms with E-state index in [9.17, 15) is 27.6 Å². The molecule has 4 unspecified atom stereocenters. The topological polar surface area (TPSA) is 190 Å². The summed E-state index contributed by atoms with van der Waals surface area (Å²) in [6.45, 7) is 0.572. The fraction of sp³-hybridized carbons (Fsp3) is 0.400. The van der Waals surface area contributed by atoms with Crippen molar-refractivity contribution in [3.05, 3.63) is 71.9 Å². The first-order valence-corrected chi connectivity index (χ1v) is 14.3. The highest BCUT2D eigenvalue weighted by Gasteiger charge is 2.33. The van der Waals surface area contributed by atoms with Gasteiger partial charge in [-0.15, -0.1) is 0 Å². The number of hydrazine groups is 1. The first-order valence-electron chi connectivity index (χ1n) is 14.3. The molecule has 2 amide bonds. The molecule has 14 heteroatoms. The lowest BCUT2D eigenvalue weighted by atomic mass is 9.87. The van der Waals surface area contributed by atoms with Crippen molar-refractivity contribution in [2.24, 2.45) is 23.1 Å². The molecular weight excluding hydrogens is 577 g/mol. The third-order valence-corrected chi connectivity index (χ3v) is 7.62. The Morgan fingerprint density at radius 3 is 2.20 bits per heavy atom. The Bertz CT molecular complexity index is 1440. The van der Waals surface area contributed by atoms with Crippen molar-refractivity contribution in [2.45, 2.75) is 56.0 Å². The van der Waals surface area contributed by atoms with Crippen molar-refractivity contribution < 1.29 is 27.6 Å². The van der Waals surface area contributed by atoms with E-state index in [2.05, 4.69) is 26.5 Å². The number of carbonyl (C=O) groups is 3. The molecule has 1 aliphatic heterocycles. The smallest absolute Gasteiger partial charge is 0.343 e. The maximum absolute atomic E-state index is 13.4. The van der Waals surface area contributed by atoms with E-state index in [0.717, 1.165) is 17.5 Å². The number of para-hydroxylation sites is 1. The molecule has 1 aromatic heterocycles. The van der Waals surface area contributed by atoms with Gasteiger partial charge in [0, 0.05) is 49.3 Å². The Morgan fingerprint density at radius 1 is 0.955 bits per heavy atom. The number of nitrogens with zero attached hydrogens (tertiary/aromatic N) is 1. The van der Waals surface area contributed by atoms with Crippen LogP contribution in [0.3, 0.4) is 0 Å². The minimum atomic E-state index is -4.52. The largest absolute Gasteiger partial charge is 0.416 e. The number of hydrogen-bond donors (Lipinski definition) is 7. The van der Waals surface area contributed by atoms with Gasteiger partial charge in [0.1, 0.15) is 11.8 Å². The molecule has 3 aromatic rings. The summed E-state index contributed by atoms with van der Waals surface area (Å²) in [4.78, 5) is 44.1. The van der Waals surface area contributed by atoms with E-state index in [1.165, 1.54) is 18.3 Å². The first-order chi connectivity index (χ1) is 21.0. The van der Waals surface area contributed by atoms with Crippen LogP contribution in [0, 0.1) is 5.92 Å². The average Bonchev–Trinajstić information content (AvgIpc) is 3.23. The van der Waals surface area contributed by atoms with Gasteiger partial charge in [0.15, 0.2) is 0 Å². The van der Waals surface area contributed by atoms with Crippen molar-refractivity contribution in [2.75, 3.05) is 18.4 Å². The van der Waals surface area contributed by atoms with Gasteiger partial charge in [0.05, 0.1) is 29.0 Å². The van der Waals surface area contributed by atoms with E-state index in [0.29, 0.717) is 29.6 Å². The van der Waals surface area contributed by atoms with Gasteiger partial charge in [-0.05, 0) is 42.7 Å². The number of aromatic nitrogens is 1. The van der Waals surface area contributed by atoms with Crippen LogP contribution in [0.4, 0.5) is 18.9 Å². The van der Waals surface area contributed by atoms with Gasteiger partial charge in [-0.1, -0.05) is 30.3 Å². The Hall–Kier alpha value is -3.95. The number of Topliss-reactive ketones (excluding diaryl/α,β-unsaturated/α-hetero) is 1. The molecule has 1 saturated heterocycles. The third kappa shape index (κ3) is 8.80. The summed E-state index contributed by atoms with van der Waals surface area (Å²) >= 11 is 0. The van der Waals surface area contributed by atoms with E-state index in [4.69, 9.17) is 17.2 Å². The Kier molecular flexibility index (Phi) is 11.0. The molecule has 1 fully saturated rings. The minimum absolute atomic E-state index is 0.131. The van der Waals surface area contributed by atoms with E-state index in [1.54, 1.807) is 6.07 Å². The van der Waals surface area contributed by atoms with Crippen LogP contribution in [0.1, 0.15) is 30.4 Å². The van der Waals surface area contributed by atoms with Gasteiger partial charge in [0.25, 0.3) is 0 Å². The van der Waals surface area contributed by atoms with Crippen LogP contribution in [0.2, 0.25) is 0 Å². The maximum Gasteiger partial charge on any atom is 0.416 e. The van der Waals surface area contributed by atoms with Crippen molar-refractivity contribution in [1.29, 1.82) is 0 Å². The molecule has 4 atom stereocenters. The van der Waals surface area contributed by atoms with Crippen LogP contribution in [0.15, 0.2) is 60.8 Å². The van der Waals surface area contributed by atoms with Crippen LogP contribution >= 0.6 is 0 Å². The summed E-state index contributed by atoms with van der Waals surface area (Å²) in [6, 6.07) is 10.4. The van der Waals surface area contributed by atoms with Crippen LogP contribution < -0.4 is 38.7 Å². The summed E-state index contributed by atoms with van der Waals surface area (Å²) in [7, 11) is 0. The molecule has 4 rings (SSSR count). The normalized spacial score (nSPS) is 20.4. The first kappa shape index (κ1) is 33.0. The average molecular weight is 615 g/mol. The molecule has 0 spiro atoms. The quantitative estimate of drug-likeness (QED) is 0.167. The molecule has 0 radical (unpaired) electrons. The second kappa shape index (κ2) is 14.7. The number of amides is 2. The number of nitrogens with two attached hydrogens (primary N) is 3. The molecule has 1 aliphatic rings. The van der Waals surface area contributed by atoms with Crippen LogP contribution in [0.5, 0.6) is 0 Å². The fourth-order valence-electron chi connectivity index (χ4n) is 5.11. The number of alkyl halides is 3. The summed E-state index contributed by atoms with van der Waals surface area (Å²) in [5.74, 6) is -2.06. The van der Waals surface area contributed by atoms with Crippen LogP contribution in [-0.4, -0.2) is 59.8 Å². The van der Waals surface area contributed by atoms with Crippen molar-refractivity contribution in [3.8, 4) is 0 Å². The van der Waals surface area contributed by atoms with Crippen LogP contribution in [-0.2, 0) is 27.0 Å². The lowest BCUT2D eigenvalue weighted by molar-refractivity contribution is -0.137. The second-order valence-electron chi connectivity index (χ2n) is 11.0. The van der Waals surface area contributed by atoms with Gasteiger partial charge in [-0.3, -0.25) is 30.2 Å². The summed E-state index contributed by atoms with van der Waals surface area (Å²) in [5.41, 5.74) is 24.5. The molecule has 2 heterocycles. The molecule has 11 nitrogen and oxygen atoms in total. The van der Waals surface area contributed by atoms with E-state index in [1.807, 2.05) is 24.3 Å². The molecule has 0 bridgehead atoms. The minimum Gasteiger partial charge on any atom is -0.343 e. The molecule has 236 valence electrons. The molecular formula is C30H37F3N8O3. The molecule has 0 saturated carbocycles. The van der Waals surface area contributed by atoms with E-state index in [-0.39, 0.29) is 43.8 Å². The summed E-state index contributed by atoms with van der Waals surface area (Å²) in [5, 5.41) is 6.08. The maximum atomic E-state index is 13.4. The zero-order valence-corrected chi connectivity index (χ0v) is 23.9. The van der Waals surface area contributed by atoms with Crippen molar-refractivity contribution in [1.82, 2.24) is 21.2 Å². The Labute approximate surface area is 252 Å². The van der Waals surface area contributed by atoms with Crippen molar-refractivity contribution in [3.63, 3.8) is 0 Å². The molecule has 10 N–H and O–H groups in total. The van der Waals surface area contributed by atoms with Crippen molar-refractivity contribution >= 4 is 34.2 Å².